The van der Waals surface area contributed by atoms with Crippen LogP contribution in [0.15, 0.2) is 18.2 Å². The number of carbonyl (C=O) groups is 2. The highest BCUT2D eigenvalue weighted by atomic mass is 35.5. The number of hydrogen-bond acceptors (Lipinski definition) is 3. The van der Waals surface area contributed by atoms with Gasteiger partial charge >= 0.3 is 12.0 Å². The van der Waals surface area contributed by atoms with Crippen LogP contribution in [0.5, 0.6) is 0 Å². The average molecular weight is 301 g/mol. The van der Waals surface area contributed by atoms with Crippen LogP contribution in [0.3, 0.4) is 0 Å². The van der Waals surface area contributed by atoms with Crippen LogP contribution in [0.25, 0.3) is 0 Å². The molecule has 0 spiro atoms. The van der Waals surface area contributed by atoms with E-state index in [0.717, 1.165) is 6.42 Å². The molecule has 6 nitrogen and oxygen atoms in total. The lowest BCUT2D eigenvalue weighted by molar-refractivity contribution is 0.0697. The van der Waals surface area contributed by atoms with Crippen LogP contribution < -0.4 is 10.6 Å². The lowest BCUT2D eigenvalue weighted by Gasteiger charge is -2.16. The highest BCUT2D eigenvalue weighted by Gasteiger charge is 2.12. The second kappa shape index (κ2) is 7.72. The summed E-state index contributed by atoms with van der Waals surface area (Å²) in [6.07, 6.45) is 0.736. The molecular formula is C13H17ClN2O4. The normalized spacial score (nSPS) is 11.8. The molecule has 1 rings (SSSR count). The van der Waals surface area contributed by atoms with E-state index in [4.69, 9.17) is 21.4 Å². The molecule has 0 saturated heterocycles. The van der Waals surface area contributed by atoms with E-state index in [1.54, 1.807) is 7.11 Å². The molecule has 1 aromatic carbocycles. The molecule has 0 aromatic heterocycles. The van der Waals surface area contributed by atoms with Gasteiger partial charge in [0.25, 0.3) is 0 Å². The minimum Gasteiger partial charge on any atom is -0.478 e. The van der Waals surface area contributed by atoms with Gasteiger partial charge < -0.3 is 20.5 Å². The van der Waals surface area contributed by atoms with Crippen molar-refractivity contribution in [2.45, 2.75) is 19.4 Å². The second-order valence-corrected chi connectivity index (χ2v) is 4.57. The molecule has 110 valence electrons. The predicted molar refractivity (Wildman–Crippen MR) is 76.5 cm³/mol. The number of carbonyl (C=O) groups excluding carboxylic acids is 1. The number of rotatable bonds is 6. The van der Waals surface area contributed by atoms with Gasteiger partial charge in [0.1, 0.15) is 0 Å². The van der Waals surface area contributed by atoms with Gasteiger partial charge in [0.15, 0.2) is 0 Å². The maximum Gasteiger partial charge on any atom is 0.337 e. The summed E-state index contributed by atoms with van der Waals surface area (Å²) in [7, 11) is 1.56. The molecule has 0 bridgehead atoms. The molecule has 0 aliphatic carbocycles. The molecule has 0 aliphatic rings. The van der Waals surface area contributed by atoms with Gasteiger partial charge in [0.05, 0.1) is 23.2 Å². The van der Waals surface area contributed by atoms with Crippen LogP contribution >= 0.6 is 11.6 Å². The average Bonchev–Trinajstić information content (AvgIpc) is 2.37. The maximum absolute atomic E-state index is 11.7. The summed E-state index contributed by atoms with van der Waals surface area (Å²) in [5.41, 5.74) is 0.410. The lowest BCUT2D eigenvalue weighted by atomic mass is 10.2. The molecule has 1 aromatic rings. The standard InChI is InChI=1S/C13H17ClN2O4/c1-3-8(7-20-2)15-13(19)16-9-4-5-10(12(17)18)11(14)6-9/h4-6,8H,3,7H2,1-2H3,(H,17,18)(H2,15,16,19). The van der Waals surface area contributed by atoms with Crippen molar-refractivity contribution in [1.82, 2.24) is 5.32 Å². The van der Waals surface area contributed by atoms with Crippen molar-refractivity contribution >= 4 is 29.3 Å². The first-order valence-corrected chi connectivity index (χ1v) is 6.45. The third-order valence-electron chi connectivity index (χ3n) is 2.65. The molecule has 1 unspecified atom stereocenters. The van der Waals surface area contributed by atoms with Crippen molar-refractivity contribution in [3.05, 3.63) is 28.8 Å². The lowest BCUT2D eigenvalue weighted by Crippen LogP contribution is -2.40. The first-order valence-electron chi connectivity index (χ1n) is 6.07. The summed E-state index contributed by atoms with van der Waals surface area (Å²) in [5, 5.41) is 14.2. The molecule has 1 atom stereocenters. The summed E-state index contributed by atoms with van der Waals surface area (Å²) in [6.45, 7) is 2.35. The van der Waals surface area contributed by atoms with E-state index in [1.165, 1.54) is 18.2 Å². The van der Waals surface area contributed by atoms with Crippen LogP contribution in [0.2, 0.25) is 5.02 Å². The first-order chi connectivity index (χ1) is 9.47. The number of ether oxygens (including phenoxy) is 1. The Morgan fingerprint density at radius 2 is 2.15 bits per heavy atom. The first kappa shape index (κ1) is 16.3. The number of amides is 2. The molecule has 0 radical (unpaired) electrons. The van der Waals surface area contributed by atoms with Crippen LogP contribution in [0.1, 0.15) is 23.7 Å². The van der Waals surface area contributed by atoms with Crippen molar-refractivity contribution in [3.8, 4) is 0 Å². The quantitative estimate of drug-likeness (QED) is 0.753. The van der Waals surface area contributed by atoms with Crippen LogP contribution in [-0.2, 0) is 4.74 Å². The number of urea groups is 1. The Morgan fingerprint density at radius 1 is 1.45 bits per heavy atom. The predicted octanol–water partition coefficient (Wildman–Crippen LogP) is 2.58. The number of aromatic carboxylic acids is 1. The zero-order valence-corrected chi connectivity index (χ0v) is 12.0. The Balaban J connectivity index is 2.66. The topological polar surface area (TPSA) is 87.7 Å². The van der Waals surface area contributed by atoms with E-state index in [2.05, 4.69) is 10.6 Å². The van der Waals surface area contributed by atoms with Gasteiger partial charge in [0.2, 0.25) is 0 Å². The molecule has 2 amide bonds. The number of anilines is 1. The second-order valence-electron chi connectivity index (χ2n) is 4.16. The van der Waals surface area contributed by atoms with E-state index in [-0.39, 0.29) is 16.6 Å². The zero-order chi connectivity index (χ0) is 15.1. The number of nitrogens with one attached hydrogen (secondary N) is 2. The Kier molecular flexibility index (Phi) is 6.27. The fraction of sp³-hybridized carbons (Fsp3) is 0.385. The van der Waals surface area contributed by atoms with Crippen LogP contribution in [0, 0.1) is 0 Å². The van der Waals surface area contributed by atoms with Gasteiger partial charge in [-0.25, -0.2) is 9.59 Å². The van der Waals surface area contributed by atoms with Crippen LogP contribution in [0.4, 0.5) is 10.5 Å². The van der Waals surface area contributed by atoms with Crippen molar-refractivity contribution < 1.29 is 19.4 Å². The number of methoxy groups -OCH3 is 1. The highest BCUT2D eigenvalue weighted by Crippen LogP contribution is 2.20. The summed E-state index contributed by atoms with van der Waals surface area (Å²) >= 11 is 5.82. The zero-order valence-electron chi connectivity index (χ0n) is 11.3. The minimum atomic E-state index is -1.11. The van der Waals surface area contributed by atoms with E-state index < -0.39 is 12.0 Å². The number of benzene rings is 1. The Hall–Kier alpha value is -1.79. The third kappa shape index (κ3) is 4.71. The molecule has 0 fully saturated rings. The molecule has 0 heterocycles. The molecule has 0 saturated carbocycles. The van der Waals surface area contributed by atoms with Crippen molar-refractivity contribution in [3.63, 3.8) is 0 Å². The molecule has 20 heavy (non-hydrogen) atoms. The van der Waals surface area contributed by atoms with E-state index in [9.17, 15) is 9.59 Å². The van der Waals surface area contributed by atoms with Gasteiger partial charge in [-0.15, -0.1) is 0 Å². The smallest absolute Gasteiger partial charge is 0.337 e. The SMILES string of the molecule is CCC(COC)NC(=O)Nc1ccc(C(=O)O)c(Cl)c1. The van der Waals surface area contributed by atoms with Crippen molar-refractivity contribution in [1.29, 1.82) is 0 Å². The number of hydrogen-bond donors (Lipinski definition) is 3. The highest BCUT2D eigenvalue weighted by molar-refractivity contribution is 6.33. The monoisotopic (exact) mass is 300 g/mol. The van der Waals surface area contributed by atoms with Gasteiger partial charge in [-0.2, -0.15) is 0 Å². The summed E-state index contributed by atoms with van der Waals surface area (Å²) in [4.78, 5) is 22.6. The number of carboxylic acids is 1. The fourth-order valence-electron chi connectivity index (χ4n) is 1.58. The Morgan fingerprint density at radius 3 is 2.65 bits per heavy atom. The Bertz CT molecular complexity index is 493. The summed E-state index contributed by atoms with van der Waals surface area (Å²) < 4.78 is 4.98. The van der Waals surface area contributed by atoms with Crippen molar-refractivity contribution in [2.24, 2.45) is 0 Å². The van der Waals surface area contributed by atoms with Gasteiger partial charge in [-0.05, 0) is 24.6 Å². The van der Waals surface area contributed by atoms with Crippen molar-refractivity contribution in [2.75, 3.05) is 19.0 Å². The molecule has 3 N–H and O–H groups in total. The van der Waals surface area contributed by atoms with Gasteiger partial charge in [-0.3, -0.25) is 0 Å². The fourth-order valence-corrected chi connectivity index (χ4v) is 1.84. The maximum atomic E-state index is 11.7. The van der Waals surface area contributed by atoms with Gasteiger partial charge in [0, 0.05) is 12.8 Å². The molecule has 0 aliphatic heterocycles. The summed E-state index contributed by atoms with van der Waals surface area (Å²) in [6, 6.07) is 3.72. The van der Waals surface area contributed by atoms with Gasteiger partial charge in [-0.1, -0.05) is 18.5 Å². The van der Waals surface area contributed by atoms with E-state index >= 15 is 0 Å². The van der Waals surface area contributed by atoms with E-state index in [1.807, 2.05) is 6.92 Å². The molecular weight excluding hydrogens is 284 g/mol. The Labute approximate surface area is 122 Å². The minimum absolute atomic E-state index is 0.0107. The number of carboxylic acid groups (broad SMARTS) is 1. The van der Waals surface area contributed by atoms with Crippen LogP contribution in [-0.4, -0.2) is 36.9 Å². The largest absolute Gasteiger partial charge is 0.478 e. The third-order valence-corrected chi connectivity index (χ3v) is 2.97. The van der Waals surface area contributed by atoms with E-state index in [0.29, 0.717) is 12.3 Å². The molecule has 7 heteroatoms. The number of halogens is 1. The summed E-state index contributed by atoms with van der Waals surface area (Å²) in [5.74, 6) is -1.11.